The van der Waals surface area contributed by atoms with Crippen LogP contribution in [-0.4, -0.2) is 28.4 Å². The zero-order chi connectivity index (χ0) is 15.6. The Morgan fingerprint density at radius 1 is 1.14 bits per heavy atom. The molecule has 3 rings (SSSR count). The van der Waals surface area contributed by atoms with Crippen LogP contribution in [0, 0.1) is 6.92 Å². The van der Waals surface area contributed by atoms with E-state index in [-0.39, 0.29) is 9.92 Å². The Kier molecular flexibility index (Phi) is 3.72. The highest BCUT2D eigenvalue weighted by Gasteiger charge is 2.21. The molecule has 0 aliphatic heterocycles. The van der Waals surface area contributed by atoms with Gasteiger partial charge in [-0.15, -0.1) is 5.10 Å². The van der Waals surface area contributed by atoms with Crippen molar-refractivity contribution in [2.45, 2.75) is 23.4 Å². The highest BCUT2D eigenvalue weighted by atomic mass is 32.2. The van der Waals surface area contributed by atoms with E-state index in [0.717, 1.165) is 11.1 Å². The van der Waals surface area contributed by atoms with E-state index in [9.17, 15) is 8.42 Å². The molecule has 2 aromatic heterocycles. The van der Waals surface area contributed by atoms with Gasteiger partial charge in [0.1, 0.15) is 0 Å². The molecule has 0 spiro atoms. The van der Waals surface area contributed by atoms with Crippen LogP contribution in [0.25, 0.3) is 0 Å². The van der Waals surface area contributed by atoms with Crippen molar-refractivity contribution < 1.29 is 8.42 Å². The van der Waals surface area contributed by atoms with E-state index < -0.39 is 9.84 Å². The van der Waals surface area contributed by atoms with E-state index in [1.807, 2.05) is 19.1 Å². The lowest BCUT2D eigenvalue weighted by molar-refractivity contribution is 0.591. The number of pyridine rings is 1. The van der Waals surface area contributed by atoms with Crippen molar-refractivity contribution in [1.29, 1.82) is 0 Å². The Morgan fingerprint density at radius 2 is 1.91 bits per heavy atom. The number of rotatable bonds is 4. The number of aromatic nitrogens is 4. The Labute approximate surface area is 128 Å². The van der Waals surface area contributed by atoms with Crippen LogP contribution in [0.2, 0.25) is 0 Å². The van der Waals surface area contributed by atoms with Gasteiger partial charge in [0.2, 0.25) is 14.9 Å². The van der Waals surface area contributed by atoms with Crippen molar-refractivity contribution in [3.8, 4) is 0 Å². The molecule has 0 aliphatic rings. The highest BCUT2D eigenvalue weighted by molar-refractivity contribution is 7.91. The standard InChI is InChI=1S/C15H14N4O2S/c1-12-4-6-14(7-5-12)22(20,21)15-11-19(18-17-15)10-13-3-2-8-16-9-13/h2-9,11H,10H2,1H3. The van der Waals surface area contributed by atoms with Crippen molar-refractivity contribution in [2.75, 3.05) is 0 Å². The van der Waals surface area contributed by atoms with E-state index in [0.29, 0.717) is 6.54 Å². The molecule has 1 aromatic carbocycles. The van der Waals surface area contributed by atoms with E-state index in [1.165, 1.54) is 10.9 Å². The smallest absolute Gasteiger partial charge is 0.227 e. The predicted molar refractivity (Wildman–Crippen MR) is 80.0 cm³/mol. The second kappa shape index (κ2) is 5.69. The van der Waals surface area contributed by atoms with Crippen LogP contribution in [0.15, 0.2) is 64.9 Å². The van der Waals surface area contributed by atoms with Gasteiger partial charge in [0, 0.05) is 12.4 Å². The fraction of sp³-hybridized carbons (Fsp3) is 0.133. The summed E-state index contributed by atoms with van der Waals surface area (Å²) >= 11 is 0. The van der Waals surface area contributed by atoms with Crippen molar-refractivity contribution in [2.24, 2.45) is 0 Å². The van der Waals surface area contributed by atoms with Gasteiger partial charge in [-0.1, -0.05) is 29.0 Å². The third-order valence-electron chi connectivity index (χ3n) is 3.19. The van der Waals surface area contributed by atoms with Crippen LogP contribution in [0.1, 0.15) is 11.1 Å². The molecule has 6 nitrogen and oxygen atoms in total. The summed E-state index contributed by atoms with van der Waals surface area (Å²) in [6.45, 7) is 2.32. The minimum Gasteiger partial charge on any atom is -0.264 e. The van der Waals surface area contributed by atoms with Crippen LogP contribution in [0.3, 0.4) is 0 Å². The molecule has 0 atom stereocenters. The molecule has 0 saturated heterocycles. The summed E-state index contributed by atoms with van der Waals surface area (Å²) in [5.41, 5.74) is 1.92. The van der Waals surface area contributed by atoms with E-state index >= 15 is 0 Å². The van der Waals surface area contributed by atoms with Crippen molar-refractivity contribution >= 4 is 9.84 Å². The van der Waals surface area contributed by atoms with Crippen LogP contribution >= 0.6 is 0 Å². The summed E-state index contributed by atoms with van der Waals surface area (Å²) in [6, 6.07) is 10.4. The highest BCUT2D eigenvalue weighted by Crippen LogP contribution is 2.19. The Hall–Kier alpha value is -2.54. The molecule has 0 bridgehead atoms. The van der Waals surface area contributed by atoms with Gasteiger partial charge in [0.15, 0.2) is 0 Å². The van der Waals surface area contributed by atoms with Gasteiger partial charge in [-0.25, -0.2) is 13.1 Å². The summed E-state index contributed by atoms with van der Waals surface area (Å²) < 4.78 is 26.4. The average molecular weight is 314 g/mol. The molecule has 7 heteroatoms. The van der Waals surface area contributed by atoms with Gasteiger partial charge in [0.05, 0.1) is 17.6 Å². The topological polar surface area (TPSA) is 77.7 Å². The first kappa shape index (κ1) is 14.4. The maximum atomic E-state index is 12.5. The Balaban J connectivity index is 1.88. The van der Waals surface area contributed by atoms with Crippen molar-refractivity contribution in [3.05, 3.63) is 66.1 Å². The molecular weight excluding hydrogens is 300 g/mol. The minimum atomic E-state index is -3.64. The molecule has 0 N–H and O–H groups in total. The molecular formula is C15H14N4O2S. The third kappa shape index (κ3) is 2.89. The summed E-state index contributed by atoms with van der Waals surface area (Å²) in [4.78, 5) is 4.23. The molecule has 112 valence electrons. The summed E-state index contributed by atoms with van der Waals surface area (Å²) in [5, 5.41) is 7.61. The zero-order valence-corrected chi connectivity index (χ0v) is 12.7. The number of hydrogen-bond acceptors (Lipinski definition) is 5. The zero-order valence-electron chi connectivity index (χ0n) is 11.9. The van der Waals surface area contributed by atoms with Crippen LogP contribution in [0.5, 0.6) is 0 Å². The lowest BCUT2D eigenvalue weighted by atomic mass is 10.2. The summed E-state index contributed by atoms with van der Waals surface area (Å²) in [5.74, 6) is 0. The molecule has 0 radical (unpaired) electrons. The van der Waals surface area contributed by atoms with Gasteiger partial charge in [-0.05, 0) is 30.7 Å². The second-order valence-corrected chi connectivity index (χ2v) is 6.83. The number of nitrogens with zero attached hydrogens (tertiary/aromatic N) is 4. The van der Waals surface area contributed by atoms with Gasteiger partial charge in [-0.3, -0.25) is 4.98 Å². The van der Waals surface area contributed by atoms with Gasteiger partial charge in [-0.2, -0.15) is 0 Å². The molecule has 0 amide bonds. The van der Waals surface area contributed by atoms with Crippen molar-refractivity contribution in [1.82, 2.24) is 20.0 Å². The molecule has 0 aliphatic carbocycles. The Morgan fingerprint density at radius 3 is 2.59 bits per heavy atom. The average Bonchev–Trinajstić information content (AvgIpc) is 2.98. The minimum absolute atomic E-state index is 0.0553. The van der Waals surface area contributed by atoms with Gasteiger partial charge >= 0.3 is 0 Å². The molecule has 3 aromatic rings. The number of hydrogen-bond donors (Lipinski definition) is 0. The predicted octanol–water partition coefficient (Wildman–Crippen LogP) is 1.86. The van der Waals surface area contributed by atoms with E-state index in [2.05, 4.69) is 15.3 Å². The van der Waals surface area contributed by atoms with Crippen LogP contribution in [0.4, 0.5) is 0 Å². The fourth-order valence-corrected chi connectivity index (χ4v) is 3.14. The van der Waals surface area contributed by atoms with Gasteiger partial charge in [0.25, 0.3) is 0 Å². The fourth-order valence-electron chi connectivity index (χ4n) is 2.00. The monoisotopic (exact) mass is 314 g/mol. The number of aryl methyl sites for hydroxylation is 1. The quantitative estimate of drug-likeness (QED) is 0.734. The maximum Gasteiger partial charge on any atom is 0.227 e. The first-order valence-electron chi connectivity index (χ1n) is 6.66. The van der Waals surface area contributed by atoms with Crippen LogP contribution < -0.4 is 0 Å². The normalized spacial score (nSPS) is 11.5. The lowest BCUT2D eigenvalue weighted by Crippen LogP contribution is -2.03. The largest absolute Gasteiger partial charge is 0.264 e. The van der Waals surface area contributed by atoms with Crippen molar-refractivity contribution in [3.63, 3.8) is 0 Å². The molecule has 2 heterocycles. The molecule has 0 fully saturated rings. The SMILES string of the molecule is Cc1ccc(S(=O)(=O)c2cn(Cc3cccnc3)nn2)cc1. The molecule has 22 heavy (non-hydrogen) atoms. The van der Waals surface area contributed by atoms with Crippen LogP contribution in [-0.2, 0) is 16.4 Å². The summed E-state index contributed by atoms with van der Waals surface area (Å²) in [6.07, 6.45) is 4.82. The Bertz CT molecular complexity index is 871. The van der Waals surface area contributed by atoms with E-state index in [1.54, 1.807) is 36.7 Å². The lowest BCUT2D eigenvalue weighted by Gasteiger charge is -2.01. The summed E-state index contributed by atoms with van der Waals surface area (Å²) in [7, 11) is -3.64. The molecule has 0 saturated carbocycles. The number of sulfone groups is 1. The second-order valence-electron chi connectivity index (χ2n) is 4.93. The third-order valence-corrected chi connectivity index (χ3v) is 4.82. The van der Waals surface area contributed by atoms with E-state index in [4.69, 9.17) is 0 Å². The first-order chi connectivity index (χ1) is 10.6. The molecule has 0 unspecified atom stereocenters. The maximum absolute atomic E-state index is 12.5. The first-order valence-corrected chi connectivity index (χ1v) is 8.15. The number of benzene rings is 1. The van der Waals surface area contributed by atoms with Gasteiger partial charge < -0.3 is 0 Å².